The molecule has 0 fully saturated rings. The number of rotatable bonds is 3. The lowest BCUT2D eigenvalue weighted by atomic mass is 10.2. The molecular weight excluding hydrogens is 304 g/mol. The summed E-state index contributed by atoms with van der Waals surface area (Å²) in [7, 11) is -4.59. The monoisotopic (exact) mass is 308 g/mol. The topological polar surface area (TPSA) is 138 Å². The number of halogens is 1. The minimum atomic E-state index is -4.59. The Morgan fingerprint density at radius 2 is 1.80 bits per heavy atom. The highest BCUT2D eigenvalue weighted by Crippen LogP contribution is 2.26. The lowest BCUT2D eigenvalue weighted by Crippen LogP contribution is -2.07. The zero-order chi connectivity index (χ0) is 15.3. The second-order valence-electron chi connectivity index (χ2n) is 3.33. The summed E-state index contributed by atoms with van der Waals surface area (Å²) in [6.45, 7) is 0. The average molecular weight is 309 g/mol. The van der Waals surface area contributed by atoms with E-state index in [0.717, 1.165) is 6.07 Å². The first kappa shape index (κ1) is 15.5. The van der Waals surface area contributed by atoms with Crippen LogP contribution in [0.1, 0.15) is 0 Å². The predicted molar refractivity (Wildman–Crippen MR) is 68.8 cm³/mol. The number of anilines is 1. The molecule has 2 N–H and O–H groups in total. The molecule has 0 saturated carbocycles. The number of hydrogen-bond acceptors (Lipinski definition) is 6. The Hall–Kier alpha value is -2.57. The van der Waals surface area contributed by atoms with Gasteiger partial charge in [0.05, 0.1) is 5.69 Å². The highest BCUT2D eigenvalue weighted by atomic mass is 35.5. The SMILES string of the molecule is N#CC(C#N)=C(C#N)Nc1ccc(Cl)cc1S(=O)(=O)O. The van der Waals surface area contributed by atoms with Crippen LogP contribution in [0.25, 0.3) is 0 Å². The molecule has 9 heteroatoms. The van der Waals surface area contributed by atoms with E-state index < -0.39 is 26.3 Å². The second kappa shape index (κ2) is 6.05. The van der Waals surface area contributed by atoms with Crippen LogP contribution in [-0.2, 0) is 10.1 Å². The van der Waals surface area contributed by atoms with Crippen molar-refractivity contribution < 1.29 is 13.0 Å². The average Bonchev–Trinajstić information content (AvgIpc) is 2.39. The highest BCUT2D eigenvalue weighted by molar-refractivity contribution is 7.86. The summed E-state index contributed by atoms with van der Waals surface area (Å²) in [6, 6.07) is 8.00. The van der Waals surface area contributed by atoms with Gasteiger partial charge in [-0.05, 0) is 18.2 Å². The van der Waals surface area contributed by atoms with Gasteiger partial charge in [-0.1, -0.05) is 11.6 Å². The zero-order valence-corrected chi connectivity index (χ0v) is 11.2. The Kier molecular flexibility index (Phi) is 4.68. The number of hydrogen-bond donors (Lipinski definition) is 2. The van der Waals surface area contributed by atoms with E-state index in [1.807, 2.05) is 0 Å². The molecule has 0 spiro atoms. The minimum Gasteiger partial charge on any atom is -0.344 e. The molecule has 100 valence electrons. The largest absolute Gasteiger partial charge is 0.344 e. The third-order valence-corrected chi connectivity index (χ3v) is 3.20. The van der Waals surface area contributed by atoms with E-state index in [0.29, 0.717) is 0 Å². The van der Waals surface area contributed by atoms with Gasteiger partial charge in [0, 0.05) is 5.02 Å². The van der Waals surface area contributed by atoms with Gasteiger partial charge in [0.1, 0.15) is 28.8 Å². The summed E-state index contributed by atoms with van der Waals surface area (Å²) in [6.07, 6.45) is 0. The summed E-state index contributed by atoms with van der Waals surface area (Å²) in [5.41, 5.74) is -1.15. The van der Waals surface area contributed by atoms with Crippen molar-refractivity contribution in [2.75, 3.05) is 5.32 Å². The molecule has 0 radical (unpaired) electrons. The van der Waals surface area contributed by atoms with E-state index in [9.17, 15) is 8.42 Å². The smallest absolute Gasteiger partial charge is 0.296 e. The summed E-state index contributed by atoms with van der Waals surface area (Å²) < 4.78 is 31.5. The van der Waals surface area contributed by atoms with Gasteiger partial charge in [-0.25, -0.2) is 0 Å². The summed E-state index contributed by atoms with van der Waals surface area (Å²) >= 11 is 5.63. The molecule has 0 aliphatic heterocycles. The fraction of sp³-hybridized carbons (Fsp3) is 0. The van der Waals surface area contributed by atoms with Crippen LogP contribution >= 0.6 is 11.6 Å². The van der Waals surface area contributed by atoms with Crippen LogP contribution in [0.5, 0.6) is 0 Å². The summed E-state index contributed by atoms with van der Waals surface area (Å²) in [4.78, 5) is -0.576. The molecule has 1 aromatic carbocycles. The van der Waals surface area contributed by atoms with Crippen molar-refractivity contribution in [3.63, 3.8) is 0 Å². The van der Waals surface area contributed by atoms with Crippen LogP contribution in [0.15, 0.2) is 34.4 Å². The molecule has 0 atom stereocenters. The second-order valence-corrected chi connectivity index (χ2v) is 5.15. The van der Waals surface area contributed by atoms with E-state index >= 15 is 0 Å². The lowest BCUT2D eigenvalue weighted by Gasteiger charge is -2.09. The first-order valence-electron chi connectivity index (χ1n) is 4.82. The van der Waals surface area contributed by atoms with Crippen molar-refractivity contribution in [3.8, 4) is 18.2 Å². The van der Waals surface area contributed by atoms with E-state index in [2.05, 4.69) is 5.32 Å². The number of nitriles is 3. The van der Waals surface area contributed by atoms with Gasteiger partial charge in [0.15, 0.2) is 5.57 Å². The van der Waals surface area contributed by atoms with Crippen molar-refractivity contribution in [1.82, 2.24) is 0 Å². The van der Waals surface area contributed by atoms with Gasteiger partial charge >= 0.3 is 0 Å². The van der Waals surface area contributed by atoms with E-state index in [1.54, 1.807) is 6.07 Å². The third kappa shape index (κ3) is 3.47. The molecule has 0 aromatic heterocycles. The van der Waals surface area contributed by atoms with Gasteiger partial charge in [-0.15, -0.1) is 0 Å². The molecular formula is C11H5ClN4O3S. The normalized spacial score (nSPS) is 9.75. The maximum atomic E-state index is 11.2. The fourth-order valence-electron chi connectivity index (χ4n) is 1.23. The van der Waals surface area contributed by atoms with Crippen LogP contribution in [0.4, 0.5) is 5.69 Å². The Labute approximate surface area is 119 Å². The number of benzene rings is 1. The van der Waals surface area contributed by atoms with Crippen LogP contribution in [-0.4, -0.2) is 13.0 Å². The molecule has 0 aliphatic carbocycles. The molecule has 0 unspecified atom stereocenters. The van der Waals surface area contributed by atoms with Crippen molar-refractivity contribution in [1.29, 1.82) is 15.8 Å². The van der Waals surface area contributed by atoms with Crippen LogP contribution in [0, 0.1) is 34.0 Å². The maximum Gasteiger partial charge on any atom is 0.296 e. The van der Waals surface area contributed by atoms with Crippen LogP contribution in [0.3, 0.4) is 0 Å². The number of nitrogens with one attached hydrogen (secondary N) is 1. The molecule has 0 aliphatic rings. The van der Waals surface area contributed by atoms with E-state index in [1.165, 1.54) is 24.3 Å². The van der Waals surface area contributed by atoms with Crippen molar-refractivity contribution >= 4 is 27.4 Å². The number of nitrogens with zero attached hydrogens (tertiary/aromatic N) is 3. The quantitative estimate of drug-likeness (QED) is 0.641. The Morgan fingerprint density at radius 1 is 1.20 bits per heavy atom. The van der Waals surface area contributed by atoms with Crippen molar-refractivity contribution in [3.05, 3.63) is 34.5 Å². The molecule has 7 nitrogen and oxygen atoms in total. The van der Waals surface area contributed by atoms with Crippen LogP contribution in [0.2, 0.25) is 5.02 Å². The maximum absolute atomic E-state index is 11.2. The molecule has 0 saturated heterocycles. The molecule has 0 heterocycles. The van der Waals surface area contributed by atoms with E-state index in [-0.39, 0.29) is 10.7 Å². The molecule has 1 aromatic rings. The fourth-order valence-corrected chi connectivity index (χ4v) is 2.14. The summed E-state index contributed by atoms with van der Waals surface area (Å²) in [5, 5.41) is 28.6. The molecule has 0 bridgehead atoms. The number of allylic oxidation sites excluding steroid dienone is 2. The van der Waals surface area contributed by atoms with Crippen LogP contribution < -0.4 is 5.32 Å². The predicted octanol–water partition coefficient (Wildman–Crippen LogP) is 1.82. The van der Waals surface area contributed by atoms with Gasteiger partial charge in [0.25, 0.3) is 10.1 Å². The van der Waals surface area contributed by atoms with Crippen molar-refractivity contribution in [2.24, 2.45) is 0 Å². The first-order valence-corrected chi connectivity index (χ1v) is 6.64. The zero-order valence-electron chi connectivity index (χ0n) is 9.62. The lowest BCUT2D eigenvalue weighted by molar-refractivity contribution is 0.483. The molecule has 0 amide bonds. The standard InChI is InChI=1S/C11H5ClN4O3S/c12-8-1-2-9(11(3-8)20(17,18)19)16-10(6-15)7(4-13)5-14/h1-3,16H,(H,17,18,19). The third-order valence-electron chi connectivity index (χ3n) is 2.07. The molecule has 20 heavy (non-hydrogen) atoms. The van der Waals surface area contributed by atoms with Gasteiger partial charge in [-0.3, -0.25) is 4.55 Å². The summed E-state index contributed by atoms with van der Waals surface area (Å²) in [5.74, 6) is 0. The van der Waals surface area contributed by atoms with Gasteiger partial charge in [-0.2, -0.15) is 24.2 Å². The Balaban J connectivity index is 3.46. The molecule has 1 rings (SSSR count). The van der Waals surface area contributed by atoms with Gasteiger partial charge in [0.2, 0.25) is 0 Å². The minimum absolute atomic E-state index is 0.0476. The first-order chi connectivity index (χ1) is 9.33. The van der Waals surface area contributed by atoms with Crippen molar-refractivity contribution in [2.45, 2.75) is 4.90 Å². The Bertz CT molecular complexity index is 794. The van der Waals surface area contributed by atoms with E-state index in [4.69, 9.17) is 31.9 Å². The Morgan fingerprint density at radius 3 is 2.25 bits per heavy atom. The van der Waals surface area contributed by atoms with Gasteiger partial charge < -0.3 is 5.32 Å². The highest BCUT2D eigenvalue weighted by Gasteiger charge is 2.18.